The summed E-state index contributed by atoms with van der Waals surface area (Å²) in [5, 5.41) is 5.81. The molecule has 8 nitrogen and oxygen atoms in total. The first-order valence-electron chi connectivity index (χ1n) is 12.2. The van der Waals surface area contributed by atoms with Gasteiger partial charge in [-0.2, -0.15) is 0 Å². The van der Waals surface area contributed by atoms with Gasteiger partial charge in [-0.25, -0.2) is 23.5 Å². The molecule has 0 unspecified atom stereocenters. The second-order valence-electron chi connectivity index (χ2n) is 8.95. The molecule has 3 heterocycles. The molecule has 0 bridgehead atoms. The third-order valence-electron chi connectivity index (χ3n) is 6.43. The average molecular weight is 507 g/mol. The Morgan fingerprint density at radius 2 is 1.86 bits per heavy atom. The monoisotopic (exact) mass is 506 g/mol. The van der Waals surface area contributed by atoms with Gasteiger partial charge in [0, 0.05) is 25.0 Å². The van der Waals surface area contributed by atoms with Crippen molar-refractivity contribution in [2.45, 2.75) is 26.1 Å². The van der Waals surface area contributed by atoms with Crippen LogP contribution in [0.1, 0.15) is 29.9 Å². The molecule has 5 rings (SSSR count). The summed E-state index contributed by atoms with van der Waals surface area (Å²) in [6, 6.07) is 15.0. The number of nitrogens with one attached hydrogen (secondary N) is 2. The normalized spacial score (nSPS) is 14.5. The number of pyridine rings is 1. The van der Waals surface area contributed by atoms with Crippen LogP contribution in [0, 0.1) is 11.6 Å². The zero-order valence-corrected chi connectivity index (χ0v) is 20.5. The summed E-state index contributed by atoms with van der Waals surface area (Å²) >= 11 is 0. The molecule has 10 heteroatoms. The maximum atomic E-state index is 13.8. The summed E-state index contributed by atoms with van der Waals surface area (Å²) in [5.41, 5.74) is 3.93. The number of hydrogen-bond acceptors (Lipinski definition) is 5. The maximum Gasteiger partial charge on any atom is 0.315 e. The number of morpholine rings is 1. The van der Waals surface area contributed by atoms with E-state index in [4.69, 9.17) is 4.74 Å². The molecule has 0 saturated carbocycles. The molecule has 4 aromatic rings. The molecule has 192 valence electrons. The number of fused-ring (bicyclic) bond motifs is 1. The van der Waals surface area contributed by atoms with Crippen molar-refractivity contribution in [1.29, 1.82) is 0 Å². The minimum Gasteiger partial charge on any atom is -0.378 e. The molecular formula is C27H28F2N6O2. The van der Waals surface area contributed by atoms with Crippen LogP contribution in [0.2, 0.25) is 0 Å². The third kappa shape index (κ3) is 5.69. The van der Waals surface area contributed by atoms with Crippen LogP contribution in [0.25, 0.3) is 11.2 Å². The van der Waals surface area contributed by atoms with Gasteiger partial charge in [0.2, 0.25) is 0 Å². The van der Waals surface area contributed by atoms with E-state index in [0.717, 1.165) is 49.7 Å². The minimum absolute atomic E-state index is 0.133. The smallest absolute Gasteiger partial charge is 0.315 e. The number of hydrogen-bond donors (Lipinski definition) is 2. The molecule has 2 aromatic heterocycles. The van der Waals surface area contributed by atoms with E-state index in [2.05, 4.69) is 37.6 Å². The first-order chi connectivity index (χ1) is 18.0. The molecule has 0 spiro atoms. The highest BCUT2D eigenvalue weighted by Crippen LogP contribution is 2.21. The van der Waals surface area contributed by atoms with E-state index >= 15 is 0 Å². The molecule has 1 saturated heterocycles. The summed E-state index contributed by atoms with van der Waals surface area (Å²) < 4.78 is 34.3. The lowest BCUT2D eigenvalue weighted by Gasteiger charge is -2.29. The molecular weight excluding hydrogens is 478 g/mol. The van der Waals surface area contributed by atoms with Crippen LogP contribution in [0.4, 0.5) is 19.3 Å². The average Bonchev–Trinajstić information content (AvgIpc) is 3.27. The Morgan fingerprint density at radius 1 is 1.08 bits per heavy atom. The van der Waals surface area contributed by atoms with E-state index in [-0.39, 0.29) is 25.2 Å². The van der Waals surface area contributed by atoms with Gasteiger partial charge in [-0.3, -0.25) is 0 Å². The van der Waals surface area contributed by atoms with Gasteiger partial charge < -0.3 is 24.8 Å². The van der Waals surface area contributed by atoms with Crippen molar-refractivity contribution >= 4 is 22.9 Å². The molecule has 2 aromatic carbocycles. The highest BCUT2D eigenvalue weighted by atomic mass is 19.2. The number of anilines is 1. The molecule has 37 heavy (non-hydrogen) atoms. The van der Waals surface area contributed by atoms with Gasteiger partial charge in [0.15, 0.2) is 17.3 Å². The van der Waals surface area contributed by atoms with Crippen molar-refractivity contribution in [1.82, 2.24) is 25.2 Å². The fourth-order valence-electron chi connectivity index (χ4n) is 4.41. The van der Waals surface area contributed by atoms with Crippen LogP contribution >= 0.6 is 0 Å². The Balaban J connectivity index is 1.24. The van der Waals surface area contributed by atoms with Crippen LogP contribution < -0.4 is 15.5 Å². The van der Waals surface area contributed by atoms with Gasteiger partial charge >= 0.3 is 6.03 Å². The quantitative estimate of drug-likeness (QED) is 0.393. The van der Waals surface area contributed by atoms with E-state index in [9.17, 15) is 13.6 Å². The number of imidazole rings is 1. The highest BCUT2D eigenvalue weighted by molar-refractivity contribution is 5.75. The van der Waals surface area contributed by atoms with Gasteiger partial charge in [-0.05, 0) is 54.4 Å². The molecule has 1 aliphatic heterocycles. The van der Waals surface area contributed by atoms with E-state index in [0.29, 0.717) is 22.6 Å². The van der Waals surface area contributed by atoms with E-state index < -0.39 is 11.6 Å². The number of halogens is 2. The summed E-state index contributed by atoms with van der Waals surface area (Å²) in [7, 11) is 0. The topological polar surface area (TPSA) is 84.3 Å². The van der Waals surface area contributed by atoms with Crippen LogP contribution in [0.3, 0.4) is 0 Å². The number of ether oxygens (including phenoxy) is 1. The predicted octanol–water partition coefficient (Wildman–Crippen LogP) is 4.15. The van der Waals surface area contributed by atoms with Gasteiger partial charge in [-0.15, -0.1) is 0 Å². The number of aromatic nitrogens is 3. The molecule has 0 aliphatic carbocycles. The van der Waals surface area contributed by atoms with E-state index in [1.54, 1.807) is 16.8 Å². The van der Waals surface area contributed by atoms with Gasteiger partial charge in [0.05, 0.1) is 32.3 Å². The lowest BCUT2D eigenvalue weighted by atomic mass is 10.1. The third-order valence-corrected chi connectivity index (χ3v) is 6.43. The van der Waals surface area contributed by atoms with Gasteiger partial charge in [-0.1, -0.05) is 18.2 Å². The zero-order valence-electron chi connectivity index (χ0n) is 20.5. The lowest BCUT2D eigenvalue weighted by molar-refractivity contribution is 0.122. The Kier molecular flexibility index (Phi) is 7.27. The van der Waals surface area contributed by atoms with E-state index in [1.165, 1.54) is 6.07 Å². The molecule has 1 atom stereocenters. The van der Waals surface area contributed by atoms with Gasteiger partial charge in [0.25, 0.3) is 0 Å². The summed E-state index contributed by atoms with van der Waals surface area (Å²) in [6.45, 7) is 5.47. The summed E-state index contributed by atoms with van der Waals surface area (Å²) in [5.74, 6) is -1.27. The Morgan fingerprint density at radius 3 is 2.62 bits per heavy atom. The molecule has 2 amide bonds. The number of rotatable bonds is 7. The molecule has 2 N–H and O–H groups in total. The second-order valence-corrected chi connectivity index (χ2v) is 8.95. The number of benzene rings is 2. The largest absolute Gasteiger partial charge is 0.378 e. The van der Waals surface area contributed by atoms with Crippen LogP contribution in [0.5, 0.6) is 0 Å². The zero-order chi connectivity index (χ0) is 25.8. The standard InChI is InChI=1S/C27H28F2N6O2/c1-18(20-5-7-21(8-6-20)34-11-13-37-14-12-34)32-27(36)31-16-25-33-24-3-2-10-30-26(24)35(25)17-19-4-9-22(28)23(29)15-19/h2-10,15,18H,11-14,16-17H2,1H3,(H2,31,32,36)/t18-/m0/s1. The number of urea groups is 1. The first kappa shape index (κ1) is 24.6. The number of amides is 2. The van der Waals surface area contributed by atoms with Crippen molar-refractivity contribution in [3.63, 3.8) is 0 Å². The Labute approximate surface area is 213 Å². The summed E-state index contributed by atoms with van der Waals surface area (Å²) in [4.78, 5) is 23.9. The predicted molar refractivity (Wildman–Crippen MR) is 136 cm³/mol. The number of nitrogens with zero attached hydrogens (tertiary/aromatic N) is 4. The fraction of sp³-hybridized carbons (Fsp3) is 0.296. The molecule has 1 aliphatic rings. The van der Waals surface area contributed by atoms with Crippen molar-refractivity contribution in [3.05, 3.63) is 89.4 Å². The highest BCUT2D eigenvalue weighted by Gasteiger charge is 2.16. The van der Waals surface area contributed by atoms with Crippen molar-refractivity contribution < 1.29 is 18.3 Å². The van der Waals surface area contributed by atoms with Crippen molar-refractivity contribution in [3.8, 4) is 0 Å². The second kappa shape index (κ2) is 10.9. The van der Waals surface area contributed by atoms with E-state index in [1.807, 2.05) is 25.1 Å². The number of carbonyl (C=O) groups is 1. The fourth-order valence-corrected chi connectivity index (χ4v) is 4.41. The van der Waals surface area contributed by atoms with Crippen LogP contribution in [0.15, 0.2) is 60.8 Å². The van der Waals surface area contributed by atoms with Crippen molar-refractivity contribution in [2.24, 2.45) is 0 Å². The minimum atomic E-state index is -0.916. The van der Waals surface area contributed by atoms with Crippen LogP contribution in [-0.2, 0) is 17.8 Å². The first-order valence-corrected chi connectivity index (χ1v) is 12.2. The summed E-state index contributed by atoms with van der Waals surface area (Å²) in [6.07, 6.45) is 1.64. The molecule has 0 radical (unpaired) electrons. The van der Waals surface area contributed by atoms with Crippen molar-refractivity contribution in [2.75, 3.05) is 31.2 Å². The SMILES string of the molecule is C[C@H](NC(=O)NCc1nc2cccnc2n1Cc1ccc(F)c(F)c1)c1ccc(N2CCOCC2)cc1. The lowest BCUT2D eigenvalue weighted by Crippen LogP contribution is -2.37. The van der Waals surface area contributed by atoms with Crippen LogP contribution in [-0.4, -0.2) is 46.9 Å². The Bertz CT molecular complexity index is 1390. The maximum absolute atomic E-state index is 13.8. The Hall–Kier alpha value is -4.05. The van der Waals surface area contributed by atoms with Gasteiger partial charge in [0.1, 0.15) is 11.3 Å². The number of carbonyl (C=O) groups excluding carboxylic acids is 1. The molecule has 1 fully saturated rings.